The quantitative estimate of drug-likeness (QED) is 0.132. The average molecular weight is 485 g/mol. The number of hydrogen-bond donors (Lipinski definition) is 2. The van der Waals surface area contributed by atoms with E-state index >= 15 is 0 Å². The fraction of sp³-hybridized carbons (Fsp3) is 0.957. The van der Waals surface area contributed by atoms with Crippen molar-refractivity contribution in [2.45, 2.75) is 111 Å². The molecule has 6 nitrogen and oxygen atoms in total. The van der Waals surface area contributed by atoms with Crippen LogP contribution in [0.4, 0.5) is 0 Å². The van der Waals surface area contributed by atoms with Crippen LogP contribution in [0.25, 0.3) is 0 Å². The van der Waals surface area contributed by atoms with Crippen LogP contribution in [0.5, 0.6) is 0 Å². The number of hydrogen-bond acceptors (Lipinski definition) is 5. The Balaban J connectivity index is 5.18. The van der Waals surface area contributed by atoms with E-state index < -0.39 is 34.3 Å². The Labute approximate surface area is 191 Å². The molecule has 0 radical (unpaired) electrons. The van der Waals surface area contributed by atoms with Gasteiger partial charge in [-0.15, -0.1) is 0 Å². The maximum absolute atomic E-state index is 13.3. The Morgan fingerprint density at radius 2 is 1.19 bits per heavy atom. The van der Waals surface area contributed by atoms with E-state index in [0.29, 0.717) is 6.42 Å². The normalized spacial score (nSPS) is 15.8. The van der Waals surface area contributed by atoms with E-state index in [1.807, 2.05) is 0 Å². The third kappa shape index (κ3) is 10.5. The van der Waals surface area contributed by atoms with Gasteiger partial charge >= 0.3 is 185 Å². The predicted molar refractivity (Wildman–Crippen MR) is 133 cm³/mol. The minimum atomic E-state index is -4.13. The summed E-state index contributed by atoms with van der Waals surface area (Å²) in [5.74, 6) is -1.07. The van der Waals surface area contributed by atoms with E-state index in [0.717, 1.165) is 43.9 Å². The molecular weight excluding hydrogens is 435 g/mol. The van der Waals surface area contributed by atoms with Crippen LogP contribution < -0.4 is 0 Å². The fourth-order valence-corrected chi connectivity index (χ4v) is 8.69. The van der Waals surface area contributed by atoms with E-state index in [4.69, 9.17) is 9.08 Å². The van der Waals surface area contributed by atoms with Gasteiger partial charge in [0.25, 0.3) is 0 Å². The summed E-state index contributed by atoms with van der Waals surface area (Å²) in [5, 5.41) is 11.3. The zero-order valence-corrected chi connectivity index (χ0v) is 22.4. The van der Waals surface area contributed by atoms with Crippen molar-refractivity contribution in [1.82, 2.24) is 0 Å². The Hall–Kier alpha value is -0.230. The predicted octanol–water partition coefficient (Wildman–Crippen LogP) is 6.01. The van der Waals surface area contributed by atoms with Crippen LogP contribution in [0.15, 0.2) is 0 Å². The van der Waals surface area contributed by atoms with E-state index in [1.54, 1.807) is 0 Å². The standard InChI is InChI=1S/C23H49O6PS/c1-6-11-12-13-14-15-16-17-19-23(25,20-18-21-31(26,27)28)22(24)29-30(7-2,8-3,9-4)10-5/h25H,6-21H2,1-5H3,(H,26,27,28). The molecule has 0 aliphatic rings. The molecular formula is C23H49O6PS. The summed E-state index contributed by atoms with van der Waals surface area (Å²) in [6, 6.07) is 0. The first-order valence-corrected chi connectivity index (χ1v) is 16.9. The Kier molecular flexibility index (Phi) is 14.0. The molecule has 0 aromatic rings. The summed E-state index contributed by atoms with van der Waals surface area (Å²) >= 11 is 0. The summed E-state index contributed by atoms with van der Waals surface area (Å²) in [4.78, 5) is 13.3. The Morgan fingerprint density at radius 3 is 1.61 bits per heavy atom. The maximum atomic E-state index is 13.3. The number of carbonyl (C=O) groups excluding carboxylic acids is 1. The average Bonchev–Trinajstić information content (AvgIpc) is 2.73. The van der Waals surface area contributed by atoms with Crippen LogP contribution in [-0.2, 0) is 19.4 Å². The molecule has 31 heavy (non-hydrogen) atoms. The van der Waals surface area contributed by atoms with Gasteiger partial charge < -0.3 is 0 Å². The zero-order chi connectivity index (χ0) is 24.0. The van der Waals surface area contributed by atoms with Crippen molar-refractivity contribution in [3.63, 3.8) is 0 Å². The van der Waals surface area contributed by atoms with Crippen LogP contribution in [0.1, 0.15) is 105 Å². The van der Waals surface area contributed by atoms with Crippen LogP contribution in [0.3, 0.4) is 0 Å². The summed E-state index contributed by atoms with van der Waals surface area (Å²) in [7, 11) is -4.13. The molecule has 1 unspecified atom stereocenters. The van der Waals surface area contributed by atoms with E-state index in [-0.39, 0.29) is 19.3 Å². The first kappa shape index (κ1) is 30.8. The molecule has 0 spiro atoms. The van der Waals surface area contributed by atoms with E-state index in [9.17, 15) is 18.3 Å². The van der Waals surface area contributed by atoms with Gasteiger partial charge in [-0.2, -0.15) is 0 Å². The molecule has 0 aliphatic heterocycles. The van der Waals surface area contributed by atoms with Crippen molar-refractivity contribution in [3.8, 4) is 0 Å². The summed E-state index contributed by atoms with van der Waals surface area (Å²) in [5.41, 5.74) is -1.70. The van der Waals surface area contributed by atoms with Crippen LogP contribution in [0.2, 0.25) is 0 Å². The van der Waals surface area contributed by atoms with Crippen molar-refractivity contribution in [2.24, 2.45) is 0 Å². The van der Waals surface area contributed by atoms with E-state index in [2.05, 4.69) is 34.6 Å². The second kappa shape index (κ2) is 14.1. The molecule has 0 aromatic carbocycles. The van der Waals surface area contributed by atoms with E-state index in [1.165, 1.54) is 25.7 Å². The molecule has 0 amide bonds. The molecule has 0 aromatic heterocycles. The van der Waals surface area contributed by atoms with Crippen molar-refractivity contribution < 1.29 is 27.4 Å². The second-order valence-electron chi connectivity index (χ2n) is 9.15. The number of rotatable bonds is 19. The number of unbranched alkanes of at least 4 members (excludes halogenated alkanes) is 7. The van der Waals surface area contributed by atoms with Gasteiger partial charge in [0.2, 0.25) is 0 Å². The number of aliphatic hydroxyl groups is 1. The second-order valence-corrected chi connectivity index (χ2v) is 17.1. The van der Waals surface area contributed by atoms with Crippen molar-refractivity contribution in [3.05, 3.63) is 0 Å². The molecule has 0 saturated carbocycles. The topological polar surface area (TPSA) is 101 Å². The third-order valence-electron chi connectivity index (χ3n) is 7.36. The molecule has 0 aliphatic carbocycles. The molecule has 0 bridgehead atoms. The van der Waals surface area contributed by atoms with Crippen molar-refractivity contribution >= 4 is 22.9 Å². The summed E-state index contributed by atoms with van der Waals surface area (Å²) < 4.78 is 37.5. The van der Waals surface area contributed by atoms with Crippen LogP contribution >= 0.6 is 6.83 Å². The van der Waals surface area contributed by atoms with Crippen LogP contribution in [0, 0.1) is 0 Å². The molecule has 1 atom stereocenters. The molecule has 8 heteroatoms. The summed E-state index contributed by atoms with van der Waals surface area (Å²) in [6.07, 6.45) is 12.1. The minimum absolute atomic E-state index is 0.0184. The van der Waals surface area contributed by atoms with Gasteiger partial charge in [0.05, 0.1) is 0 Å². The van der Waals surface area contributed by atoms with Gasteiger partial charge in [0.1, 0.15) is 0 Å². The van der Waals surface area contributed by atoms with Gasteiger partial charge in [-0.25, -0.2) is 0 Å². The number of carbonyl (C=O) groups is 1. The molecule has 188 valence electrons. The third-order valence-corrected chi connectivity index (χ3v) is 15.2. The van der Waals surface area contributed by atoms with Gasteiger partial charge in [-0.1, -0.05) is 6.92 Å². The van der Waals surface area contributed by atoms with Gasteiger partial charge in [0.15, 0.2) is 0 Å². The first-order chi connectivity index (χ1) is 14.5. The molecule has 0 heterocycles. The van der Waals surface area contributed by atoms with Crippen LogP contribution in [-0.4, -0.2) is 60.0 Å². The SMILES string of the molecule is CCCCCCCCCCC(O)(CCCS(=O)(=O)O)C(=O)OP(CC)(CC)(CC)CC. The molecule has 0 fully saturated rings. The monoisotopic (exact) mass is 484 g/mol. The van der Waals surface area contributed by atoms with Gasteiger partial charge in [0, 0.05) is 0 Å². The first-order valence-electron chi connectivity index (χ1n) is 12.4. The zero-order valence-electron chi connectivity index (χ0n) is 20.7. The molecule has 0 rings (SSSR count). The Morgan fingerprint density at radius 1 is 0.774 bits per heavy atom. The Bertz CT molecular complexity index is 594. The van der Waals surface area contributed by atoms with Gasteiger partial charge in [-0.05, 0) is 0 Å². The van der Waals surface area contributed by atoms with Crippen molar-refractivity contribution in [1.29, 1.82) is 0 Å². The summed E-state index contributed by atoms with van der Waals surface area (Å²) in [6.45, 7) is 7.68. The fourth-order valence-electron chi connectivity index (χ4n) is 4.35. The van der Waals surface area contributed by atoms with Crippen molar-refractivity contribution in [2.75, 3.05) is 30.4 Å². The van der Waals surface area contributed by atoms with Gasteiger partial charge in [-0.3, -0.25) is 0 Å². The molecule has 2 N–H and O–H groups in total. The molecule has 0 saturated heterocycles.